The maximum atomic E-state index is 11.4. The first-order valence-electron chi connectivity index (χ1n) is 10.1. The van der Waals surface area contributed by atoms with Gasteiger partial charge in [0.1, 0.15) is 6.10 Å². The molecule has 2 fully saturated rings. The van der Waals surface area contributed by atoms with Gasteiger partial charge >= 0.3 is 43.8 Å². The second kappa shape index (κ2) is 17.2. The quantitative estimate of drug-likeness (QED) is 0.230. The number of hydrogen-bond acceptors (Lipinski definition) is 6. The molecule has 2 heterocycles. The molecule has 2 aliphatic rings. The summed E-state index contributed by atoms with van der Waals surface area (Å²) in [5, 5.41) is 15.1. The number of carbonyl (C=O) groups excluding carboxylic acids is 2. The smallest absolute Gasteiger partial charge is 0.911 e. The number of aromatic nitrogens is 1. The number of amides is 2. The fourth-order valence-electron chi connectivity index (χ4n) is 2.62. The monoisotopic (exact) mass is 448 g/mol. The van der Waals surface area contributed by atoms with Gasteiger partial charge in [0.15, 0.2) is 0 Å². The molecule has 0 bridgehead atoms. The molecule has 34 heavy (non-hydrogen) atoms. The van der Waals surface area contributed by atoms with Crippen LogP contribution in [0.5, 0.6) is 0 Å². The Bertz CT molecular complexity index is 870. The summed E-state index contributed by atoms with van der Waals surface area (Å²) < 4.78 is 5.05. The van der Waals surface area contributed by atoms with E-state index in [1.54, 1.807) is 12.3 Å². The molecule has 1 aromatic rings. The third-order valence-corrected chi connectivity index (χ3v) is 4.47. The summed E-state index contributed by atoms with van der Waals surface area (Å²) in [6.07, 6.45) is 10.6. The Balaban J connectivity index is 0.000000623. The van der Waals surface area contributed by atoms with Gasteiger partial charge in [0.05, 0.1) is 13.0 Å². The zero-order valence-electron chi connectivity index (χ0n) is 19.8. The predicted molar refractivity (Wildman–Crippen MR) is 123 cm³/mol. The maximum absolute atomic E-state index is 11.4. The average molecular weight is 448 g/mol. The Morgan fingerprint density at radius 3 is 2.65 bits per heavy atom. The summed E-state index contributed by atoms with van der Waals surface area (Å²) in [6.45, 7) is 13.3. The molecule has 0 unspecified atom stereocenters. The van der Waals surface area contributed by atoms with Crippen LogP contribution in [0.1, 0.15) is 24.8 Å². The standard InChI is InChI=1S/C14H12N4.C9H14N2O3.2Li/c1-2-7-16-10-11(9-15)13-4-3-8-17-14(13)18-12-5-6-12;1-3-11(4-2)9(13)14-7-5-8(12)10-6-7;;/h1-4,8-9,12H,5-6H2,(H,17,18);7H,1-6H2,(H,10,12);;/q-4;-2;2*+1/t;7-;;/m.0../s1. The molecule has 11 heteroatoms. The molecular weight excluding hydrogens is 422 g/mol. The number of hydrogen-bond donors (Lipinski definition) is 2. The Kier molecular flexibility index (Phi) is 16.0. The Labute approximate surface area is 225 Å². The van der Waals surface area contributed by atoms with Crippen LogP contribution in [-0.4, -0.2) is 66.1 Å². The van der Waals surface area contributed by atoms with Crippen LogP contribution in [0.25, 0.3) is 11.0 Å². The van der Waals surface area contributed by atoms with Gasteiger partial charge in [-0.1, -0.05) is 6.07 Å². The number of nitrogens with one attached hydrogen (secondary N) is 2. The van der Waals surface area contributed by atoms with Gasteiger partial charge in [0, 0.05) is 18.1 Å². The normalized spacial score (nSPS) is 16.7. The van der Waals surface area contributed by atoms with E-state index in [-0.39, 0.29) is 56.2 Å². The number of rotatable bonds is 9. The van der Waals surface area contributed by atoms with Gasteiger partial charge in [0.25, 0.3) is 0 Å². The van der Waals surface area contributed by atoms with Crippen molar-refractivity contribution >= 4 is 35.8 Å². The van der Waals surface area contributed by atoms with Crippen LogP contribution in [0.4, 0.5) is 10.6 Å². The van der Waals surface area contributed by atoms with Crippen LogP contribution in [0, 0.1) is 26.6 Å². The van der Waals surface area contributed by atoms with Crippen molar-refractivity contribution in [2.45, 2.75) is 31.4 Å². The van der Waals surface area contributed by atoms with Crippen molar-refractivity contribution in [1.29, 1.82) is 0 Å². The zero-order chi connectivity index (χ0) is 23.3. The van der Waals surface area contributed by atoms with E-state index in [4.69, 9.17) is 11.3 Å². The number of carbonyl (C=O) groups is 2. The summed E-state index contributed by atoms with van der Waals surface area (Å²) in [5.41, 5.74) is 1.18. The predicted octanol–water partition coefficient (Wildman–Crippen LogP) is -3.63. The number of ether oxygens (including phenoxy) is 1. The fourth-order valence-corrected chi connectivity index (χ4v) is 2.62. The molecule has 1 saturated heterocycles. The molecule has 0 radical (unpaired) electrons. The molecule has 2 amide bonds. The molecule has 2 N–H and O–H groups in total. The van der Waals surface area contributed by atoms with E-state index in [9.17, 15) is 15.0 Å². The van der Waals surface area contributed by atoms with E-state index >= 15 is 0 Å². The molecule has 3 rings (SSSR count). The van der Waals surface area contributed by atoms with E-state index < -0.39 is 6.09 Å². The minimum absolute atomic E-state index is 0. The number of pyridine rings is 1. The fraction of sp³-hybridized carbons (Fsp3) is 0.348. The number of allylic oxidation sites excluding steroid dienone is 2. The van der Waals surface area contributed by atoms with Gasteiger partial charge in [-0.25, -0.2) is 4.79 Å². The zero-order valence-corrected chi connectivity index (χ0v) is 19.8. The minimum Gasteiger partial charge on any atom is -0.911 e. The van der Waals surface area contributed by atoms with Crippen LogP contribution in [0.15, 0.2) is 29.4 Å². The first-order valence-corrected chi connectivity index (χ1v) is 10.1. The molecule has 1 aromatic heterocycles. The molecule has 172 valence electrons. The number of anilines is 1. The number of aliphatic imine (C=N–C) groups is 1. The van der Waals surface area contributed by atoms with Crippen molar-refractivity contribution in [1.82, 2.24) is 15.2 Å². The SMILES string of the molecule is [CH-]=C[C-]=N[C-]=C(C=[N-])c1cccnc1NC1CC1.[CH2-]CN(C[CH2-])C(=O)O[C@@H]1CNC(=O)C1.[Li+].[Li+]. The van der Waals surface area contributed by atoms with Crippen molar-refractivity contribution in [2.75, 3.05) is 25.0 Å². The summed E-state index contributed by atoms with van der Waals surface area (Å²) >= 11 is 0. The molecule has 1 aliphatic heterocycles. The van der Waals surface area contributed by atoms with Gasteiger partial charge < -0.3 is 63.4 Å². The van der Waals surface area contributed by atoms with Crippen LogP contribution in [-0.2, 0) is 9.53 Å². The van der Waals surface area contributed by atoms with Crippen LogP contribution >= 0.6 is 0 Å². The van der Waals surface area contributed by atoms with Gasteiger partial charge in [-0.3, -0.25) is 15.4 Å². The molecule has 0 aromatic carbocycles. The first kappa shape index (κ1) is 31.7. The van der Waals surface area contributed by atoms with Crippen molar-refractivity contribution in [2.24, 2.45) is 4.99 Å². The Morgan fingerprint density at radius 2 is 2.12 bits per heavy atom. The van der Waals surface area contributed by atoms with Crippen LogP contribution in [0.3, 0.4) is 0 Å². The van der Waals surface area contributed by atoms with Crippen LogP contribution in [0.2, 0.25) is 0 Å². The van der Waals surface area contributed by atoms with E-state index in [0.29, 0.717) is 31.2 Å². The Hall–Kier alpha value is -2.30. The molecule has 9 nitrogen and oxygen atoms in total. The maximum Gasteiger partial charge on any atom is 1.00 e. The molecule has 1 atom stereocenters. The van der Waals surface area contributed by atoms with E-state index in [0.717, 1.165) is 30.4 Å². The largest absolute Gasteiger partial charge is 1.00 e. The summed E-state index contributed by atoms with van der Waals surface area (Å²) in [6, 6.07) is 4.11. The summed E-state index contributed by atoms with van der Waals surface area (Å²) in [5.74, 6) is 0.637. The molecular formula is C23H26Li2N6O3-4. The van der Waals surface area contributed by atoms with Gasteiger partial charge in [-0.15, -0.1) is 24.7 Å². The summed E-state index contributed by atoms with van der Waals surface area (Å²) in [4.78, 5) is 31.5. The summed E-state index contributed by atoms with van der Waals surface area (Å²) in [7, 11) is 0. The van der Waals surface area contributed by atoms with Crippen molar-refractivity contribution < 1.29 is 52.0 Å². The second-order valence-electron chi connectivity index (χ2n) is 6.88. The van der Waals surface area contributed by atoms with Crippen molar-refractivity contribution in [3.63, 3.8) is 0 Å². The second-order valence-corrected chi connectivity index (χ2v) is 6.88. The van der Waals surface area contributed by atoms with E-state index in [2.05, 4.69) is 46.9 Å². The van der Waals surface area contributed by atoms with E-state index in [1.165, 1.54) is 11.0 Å². The Morgan fingerprint density at radius 1 is 1.41 bits per heavy atom. The van der Waals surface area contributed by atoms with Crippen molar-refractivity contribution in [3.8, 4) is 0 Å². The van der Waals surface area contributed by atoms with Crippen LogP contribution < -0.4 is 48.4 Å². The average Bonchev–Trinajstić information content (AvgIpc) is 3.52. The third kappa shape index (κ3) is 10.8. The molecule has 1 aliphatic carbocycles. The topological polar surface area (TPSA) is 118 Å². The third-order valence-electron chi connectivity index (χ3n) is 4.47. The first-order chi connectivity index (χ1) is 15.5. The van der Waals surface area contributed by atoms with Crippen molar-refractivity contribution in [3.05, 3.63) is 62.0 Å². The molecule has 0 spiro atoms. The van der Waals surface area contributed by atoms with Gasteiger partial charge in [0.2, 0.25) is 5.91 Å². The van der Waals surface area contributed by atoms with Gasteiger partial charge in [-0.2, -0.15) is 12.4 Å². The van der Waals surface area contributed by atoms with Gasteiger partial charge in [-0.05, 0) is 12.8 Å². The molecule has 1 saturated carbocycles. The minimum atomic E-state index is -0.462. The van der Waals surface area contributed by atoms with E-state index in [1.807, 2.05) is 6.07 Å². The number of nitrogens with zero attached hydrogens (tertiary/aromatic N) is 4.